The van der Waals surface area contributed by atoms with E-state index in [1.165, 1.54) is 38.9 Å². The molecule has 1 N–H and O–H groups in total. The number of nitrogens with zero attached hydrogens (tertiary/aromatic N) is 2. The molecule has 4 nitrogen and oxygen atoms in total. The van der Waals surface area contributed by atoms with Crippen molar-refractivity contribution in [3.8, 4) is 0 Å². The molecule has 0 aliphatic carbocycles. The molecule has 0 saturated carbocycles. The Morgan fingerprint density at radius 3 is 2.95 bits per heavy atom. The molecule has 3 aliphatic heterocycles. The van der Waals surface area contributed by atoms with E-state index in [9.17, 15) is 0 Å². The molecule has 0 amide bonds. The van der Waals surface area contributed by atoms with Crippen molar-refractivity contribution in [2.75, 3.05) is 45.9 Å². The third kappa shape index (κ3) is 3.53. The number of hydrogen-bond acceptors (Lipinski definition) is 4. The summed E-state index contributed by atoms with van der Waals surface area (Å²) in [6.07, 6.45) is 4.51. The van der Waals surface area contributed by atoms with Crippen molar-refractivity contribution in [1.82, 2.24) is 15.1 Å². The lowest BCUT2D eigenvalue weighted by Crippen LogP contribution is -2.55. The molecule has 20 heavy (non-hydrogen) atoms. The van der Waals surface area contributed by atoms with Gasteiger partial charge in [-0.3, -0.25) is 4.90 Å². The first-order valence-electron chi connectivity index (χ1n) is 8.54. The van der Waals surface area contributed by atoms with Gasteiger partial charge in [-0.05, 0) is 52.1 Å². The van der Waals surface area contributed by atoms with Gasteiger partial charge in [-0.15, -0.1) is 0 Å². The van der Waals surface area contributed by atoms with E-state index in [0.29, 0.717) is 12.1 Å². The number of hydrogen-bond donors (Lipinski definition) is 1. The van der Waals surface area contributed by atoms with Gasteiger partial charge in [-0.25, -0.2) is 0 Å². The lowest BCUT2D eigenvalue weighted by Gasteiger charge is -2.44. The minimum atomic E-state index is 0.416. The maximum atomic E-state index is 6.00. The standard InChI is InChI=1S/C16H31N3O/c1-13(2)19-8-9-20-15(12-19)11-18-7-5-16-14(10-18)4-3-6-17-16/h13-17H,3-12H2,1-2H3. The number of piperidine rings is 2. The van der Waals surface area contributed by atoms with E-state index in [4.69, 9.17) is 4.74 Å². The van der Waals surface area contributed by atoms with Crippen LogP contribution in [0.2, 0.25) is 0 Å². The topological polar surface area (TPSA) is 27.7 Å². The second-order valence-electron chi connectivity index (χ2n) is 7.09. The van der Waals surface area contributed by atoms with Gasteiger partial charge in [0.1, 0.15) is 0 Å². The minimum absolute atomic E-state index is 0.416. The highest BCUT2D eigenvalue weighted by Gasteiger charge is 2.32. The largest absolute Gasteiger partial charge is 0.374 e. The highest BCUT2D eigenvalue weighted by molar-refractivity contribution is 4.89. The molecule has 3 atom stereocenters. The molecular formula is C16H31N3O. The number of rotatable bonds is 3. The lowest BCUT2D eigenvalue weighted by molar-refractivity contribution is -0.0582. The lowest BCUT2D eigenvalue weighted by atomic mass is 9.85. The van der Waals surface area contributed by atoms with Gasteiger partial charge in [0.15, 0.2) is 0 Å². The fraction of sp³-hybridized carbons (Fsp3) is 1.00. The first-order valence-corrected chi connectivity index (χ1v) is 8.54. The van der Waals surface area contributed by atoms with Gasteiger partial charge < -0.3 is 15.0 Å². The van der Waals surface area contributed by atoms with E-state index in [1.54, 1.807) is 0 Å². The zero-order valence-corrected chi connectivity index (χ0v) is 13.2. The van der Waals surface area contributed by atoms with Gasteiger partial charge in [0.2, 0.25) is 0 Å². The highest BCUT2D eigenvalue weighted by Crippen LogP contribution is 2.25. The summed E-state index contributed by atoms with van der Waals surface area (Å²) in [6, 6.07) is 1.44. The molecule has 116 valence electrons. The Kier molecular flexibility index (Phi) is 4.97. The molecule has 3 unspecified atom stereocenters. The summed E-state index contributed by atoms with van der Waals surface area (Å²) in [7, 11) is 0. The molecular weight excluding hydrogens is 250 g/mol. The van der Waals surface area contributed by atoms with Crippen molar-refractivity contribution >= 4 is 0 Å². The average Bonchev–Trinajstić information content (AvgIpc) is 2.47. The molecule has 0 aromatic carbocycles. The summed E-state index contributed by atoms with van der Waals surface area (Å²) in [6.45, 7) is 12.6. The number of nitrogens with one attached hydrogen (secondary N) is 1. The van der Waals surface area contributed by atoms with Gasteiger partial charge in [-0.2, -0.15) is 0 Å². The van der Waals surface area contributed by atoms with Crippen LogP contribution in [0.3, 0.4) is 0 Å². The summed E-state index contributed by atoms with van der Waals surface area (Å²) < 4.78 is 6.00. The van der Waals surface area contributed by atoms with Crippen LogP contribution in [0.15, 0.2) is 0 Å². The molecule has 0 aromatic heterocycles. The van der Waals surface area contributed by atoms with Gasteiger partial charge in [-0.1, -0.05) is 0 Å². The predicted molar refractivity (Wildman–Crippen MR) is 82.0 cm³/mol. The fourth-order valence-electron chi connectivity index (χ4n) is 4.10. The van der Waals surface area contributed by atoms with Crippen LogP contribution < -0.4 is 5.32 Å². The number of ether oxygens (including phenoxy) is 1. The Balaban J connectivity index is 1.48. The molecule has 3 rings (SSSR count). The number of likely N-dealkylation sites (tertiary alicyclic amines) is 1. The van der Waals surface area contributed by atoms with Crippen LogP contribution in [-0.2, 0) is 4.74 Å². The van der Waals surface area contributed by atoms with E-state index in [1.807, 2.05) is 0 Å². The van der Waals surface area contributed by atoms with Crippen molar-refractivity contribution in [3.05, 3.63) is 0 Å². The van der Waals surface area contributed by atoms with Gasteiger partial charge in [0, 0.05) is 38.3 Å². The minimum Gasteiger partial charge on any atom is -0.374 e. The van der Waals surface area contributed by atoms with Crippen molar-refractivity contribution < 1.29 is 4.74 Å². The molecule has 3 aliphatic rings. The van der Waals surface area contributed by atoms with Crippen molar-refractivity contribution in [2.45, 2.75) is 51.3 Å². The number of morpholine rings is 1. The third-order valence-electron chi connectivity index (χ3n) is 5.34. The van der Waals surface area contributed by atoms with Crippen LogP contribution in [0, 0.1) is 5.92 Å². The monoisotopic (exact) mass is 281 g/mol. The van der Waals surface area contributed by atoms with E-state index in [0.717, 1.165) is 38.2 Å². The highest BCUT2D eigenvalue weighted by atomic mass is 16.5. The molecule has 0 bridgehead atoms. The van der Waals surface area contributed by atoms with E-state index >= 15 is 0 Å². The average molecular weight is 281 g/mol. The van der Waals surface area contributed by atoms with E-state index in [-0.39, 0.29) is 0 Å². The van der Waals surface area contributed by atoms with Crippen molar-refractivity contribution in [2.24, 2.45) is 5.92 Å². The molecule has 3 saturated heterocycles. The van der Waals surface area contributed by atoms with Crippen LogP contribution in [0.1, 0.15) is 33.1 Å². The predicted octanol–water partition coefficient (Wildman–Crippen LogP) is 1.17. The molecule has 3 fully saturated rings. The third-order valence-corrected chi connectivity index (χ3v) is 5.34. The SMILES string of the molecule is CC(C)N1CCOC(CN2CCC3NCCCC3C2)C1. The molecule has 3 heterocycles. The zero-order chi connectivity index (χ0) is 13.9. The Bertz CT molecular complexity index is 310. The Labute approximate surface area is 123 Å². The zero-order valence-electron chi connectivity index (χ0n) is 13.2. The maximum Gasteiger partial charge on any atom is 0.0829 e. The van der Waals surface area contributed by atoms with Crippen LogP contribution in [0.5, 0.6) is 0 Å². The van der Waals surface area contributed by atoms with Gasteiger partial charge in [0.25, 0.3) is 0 Å². The summed E-state index contributed by atoms with van der Waals surface area (Å²) in [5.74, 6) is 0.877. The Morgan fingerprint density at radius 2 is 2.10 bits per heavy atom. The smallest absolute Gasteiger partial charge is 0.0829 e. The van der Waals surface area contributed by atoms with Gasteiger partial charge in [0.05, 0.1) is 12.7 Å². The molecule has 0 radical (unpaired) electrons. The number of fused-ring (bicyclic) bond motifs is 1. The van der Waals surface area contributed by atoms with Gasteiger partial charge >= 0.3 is 0 Å². The van der Waals surface area contributed by atoms with Crippen molar-refractivity contribution in [3.63, 3.8) is 0 Å². The summed E-state index contributed by atoms with van der Waals surface area (Å²) >= 11 is 0. The van der Waals surface area contributed by atoms with Crippen LogP contribution in [-0.4, -0.2) is 73.9 Å². The first-order chi connectivity index (χ1) is 9.72. The fourth-order valence-corrected chi connectivity index (χ4v) is 4.10. The second kappa shape index (κ2) is 6.73. The Morgan fingerprint density at radius 1 is 1.20 bits per heavy atom. The molecule has 0 aromatic rings. The van der Waals surface area contributed by atoms with E-state index in [2.05, 4.69) is 29.0 Å². The summed E-state index contributed by atoms with van der Waals surface area (Å²) in [5.41, 5.74) is 0. The first kappa shape index (κ1) is 14.8. The van der Waals surface area contributed by atoms with Crippen LogP contribution in [0.4, 0.5) is 0 Å². The second-order valence-corrected chi connectivity index (χ2v) is 7.09. The van der Waals surface area contributed by atoms with E-state index < -0.39 is 0 Å². The summed E-state index contributed by atoms with van der Waals surface area (Å²) in [5, 5.41) is 3.70. The molecule has 4 heteroatoms. The summed E-state index contributed by atoms with van der Waals surface area (Å²) in [4.78, 5) is 5.21. The normalized spacial score (nSPS) is 37.0. The van der Waals surface area contributed by atoms with Crippen LogP contribution in [0.25, 0.3) is 0 Å². The van der Waals surface area contributed by atoms with Crippen LogP contribution >= 0.6 is 0 Å². The van der Waals surface area contributed by atoms with Crippen molar-refractivity contribution in [1.29, 1.82) is 0 Å². The quantitative estimate of drug-likeness (QED) is 0.840. The maximum absolute atomic E-state index is 6.00. The molecule has 0 spiro atoms. The Hall–Kier alpha value is -0.160.